The van der Waals surface area contributed by atoms with Crippen LogP contribution in [0.4, 0.5) is 0 Å². The Labute approximate surface area is 166 Å². The van der Waals surface area contributed by atoms with E-state index in [1.54, 1.807) is 37.5 Å². The summed E-state index contributed by atoms with van der Waals surface area (Å²) >= 11 is 0. The summed E-state index contributed by atoms with van der Waals surface area (Å²) in [6.07, 6.45) is 3.28. The van der Waals surface area contributed by atoms with Gasteiger partial charge in [0.15, 0.2) is 0 Å². The lowest BCUT2D eigenvalue weighted by atomic mass is 10.1. The lowest BCUT2D eigenvalue weighted by Crippen LogP contribution is -2.23. The van der Waals surface area contributed by atoms with E-state index in [1.165, 1.54) is 10.7 Å². The second kappa shape index (κ2) is 7.48. The van der Waals surface area contributed by atoms with Crippen LogP contribution >= 0.6 is 0 Å². The minimum absolute atomic E-state index is 0.212. The molecule has 8 heteroatoms. The monoisotopic (exact) mass is 384 g/mol. The number of aromatic nitrogens is 5. The van der Waals surface area contributed by atoms with Crippen LogP contribution in [-0.2, 0) is 6.54 Å². The molecule has 142 valence electrons. The number of hydrogen-bond acceptors (Lipinski definition) is 7. The molecule has 4 aromatic heterocycles. The summed E-state index contributed by atoms with van der Waals surface area (Å²) in [6.45, 7) is 3.92. The van der Waals surface area contributed by atoms with E-state index in [0.29, 0.717) is 22.7 Å². The molecule has 0 radical (unpaired) electrons. The molecule has 4 heterocycles. The van der Waals surface area contributed by atoms with Crippen molar-refractivity contribution in [3.05, 3.63) is 81.9 Å². The molecule has 0 aliphatic heterocycles. The molecule has 0 amide bonds. The third-order valence-electron chi connectivity index (χ3n) is 4.51. The van der Waals surface area contributed by atoms with Gasteiger partial charge in [-0.2, -0.15) is 10.4 Å². The summed E-state index contributed by atoms with van der Waals surface area (Å²) in [5.74, 6) is 0.613. The maximum Gasteiger partial charge on any atom is 0.267 e. The van der Waals surface area contributed by atoms with Gasteiger partial charge in [0.1, 0.15) is 23.2 Å². The standard InChI is InChI=1S/C21H16N6O2/c1-13-6-7-15(10-23-13)21-18(14(2)29-26-21)12-27-20(28)8-16(11-24-27)19-5-3-4-17(9-22)25-19/h3-8,10-11H,12H2,1-2H3. The minimum Gasteiger partial charge on any atom is -0.361 e. The first kappa shape index (κ1) is 18.3. The number of rotatable bonds is 4. The predicted molar refractivity (Wildman–Crippen MR) is 105 cm³/mol. The maximum atomic E-state index is 12.6. The van der Waals surface area contributed by atoms with E-state index in [9.17, 15) is 4.79 Å². The Morgan fingerprint density at radius 3 is 2.72 bits per heavy atom. The summed E-state index contributed by atoms with van der Waals surface area (Å²) in [5, 5.41) is 17.4. The largest absolute Gasteiger partial charge is 0.361 e. The summed E-state index contributed by atoms with van der Waals surface area (Å²) in [4.78, 5) is 21.1. The van der Waals surface area contributed by atoms with Crippen molar-refractivity contribution in [2.75, 3.05) is 0 Å². The van der Waals surface area contributed by atoms with Crippen molar-refractivity contribution in [3.8, 4) is 28.6 Å². The average molecular weight is 384 g/mol. The number of nitrogens with zero attached hydrogens (tertiary/aromatic N) is 6. The second-order valence-corrected chi connectivity index (χ2v) is 6.51. The van der Waals surface area contributed by atoms with Crippen LogP contribution in [0.3, 0.4) is 0 Å². The number of pyridine rings is 2. The summed E-state index contributed by atoms with van der Waals surface area (Å²) in [7, 11) is 0. The molecular weight excluding hydrogens is 368 g/mol. The highest BCUT2D eigenvalue weighted by Crippen LogP contribution is 2.25. The van der Waals surface area contributed by atoms with Crippen LogP contribution in [0.1, 0.15) is 22.7 Å². The maximum absolute atomic E-state index is 12.6. The van der Waals surface area contributed by atoms with E-state index < -0.39 is 0 Å². The highest BCUT2D eigenvalue weighted by Gasteiger charge is 2.17. The third kappa shape index (κ3) is 3.66. The van der Waals surface area contributed by atoms with E-state index in [4.69, 9.17) is 9.78 Å². The van der Waals surface area contributed by atoms with Gasteiger partial charge in [-0.1, -0.05) is 11.2 Å². The van der Waals surface area contributed by atoms with Crippen LogP contribution in [0.25, 0.3) is 22.5 Å². The molecule has 0 atom stereocenters. The fraction of sp³-hybridized carbons (Fsp3) is 0.143. The molecule has 0 unspecified atom stereocenters. The Kier molecular flexibility index (Phi) is 4.71. The summed E-state index contributed by atoms with van der Waals surface area (Å²) in [6, 6.07) is 12.3. The molecular formula is C21H16N6O2. The zero-order valence-electron chi connectivity index (χ0n) is 15.8. The Morgan fingerprint density at radius 1 is 1.14 bits per heavy atom. The van der Waals surface area contributed by atoms with Crippen LogP contribution in [0.15, 0.2) is 58.1 Å². The van der Waals surface area contributed by atoms with Crippen LogP contribution in [0.5, 0.6) is 0 Å². The average Bonchev–Trinajstić information content (AvgIpc) is 3.10. The van der Waals surface area contributed by atoms with Crippen molar-refractivity contribution in [2.24, 2.45) is 0 Å². The van der Waals surface area contributed by atoms with Crippen LogP contribution in [0, 0.1) is 25.2 Å². The molecule has 29 heavy (non-hydrogen) atoms. The molecule has 0 spiro atoms. The first-order valence-corrected chi connectivity index (χ1v) is 8.88. The van der Waals surface area contributed by atoms with Gasteiger partial charge in [-0.25, -0.2) is 9.67 Å². The minimum atomic E-state index is -0.291. The number of hydrogen-bond donors (Lipinski definition) is 0. The van der Waals surface area contributed by atoms with Gasteiger partial charge in [0.05, 0.1) is 18.4 Å². The SMILES string of the molecule is Cc1ccc(-c2noc(C)c2Cn2ncc(-c3cccc(C#N)n3)cc2=O)cn1. The van der Waals surface area contributed by atoms with Gasteiger partial charge < -0.3 is 4.52 Å². The van der Waals surface area contributed by atoms with Gasteiger partial charge in [-0.3, -0.25) is 9.78 Å². The fourth-order valence-electron chi connectivity index (χ4n) is 2.91. The van der Waals surface area contributed by atoms with Crippen molar-refractivity contribution < 1.29 is 4.52 Å². The predicted octanol–water partition coefficient (Wildman–Crippen LogP) is 2.89. The Balaban J connectivity index is 1.68. The summed E-state index contributed by atoms with van der Waals surface area (Å²) < 4.78 is 6.69. The Hall–Kier alpha value is -4.12. The highest BCUT2D eigenvalue weighted by atomic mass is 16.5. The normalized spacial score (nSPS) is 10.7. The quantitative estimate of drug-likeness (QED) is 0.532. The highest BCUT2D eigenvalue weighted by molar-refractivity contribution is 5.62. The molecule has 4 rings (SSSR count). The zero-order chi connectivity index (χ0) is 20.4. The lowest BCUT2D eigenvalue weighted by Gasteiger charge is -2.07. The molecule has 0 N–H and O–H groups in total. The van der Waals surface area contributed by atoms with E-state index in [2.05, 4.69) is 20.2 Å². The first-order valence-electron chi connectivity index (χ1n) is 8.88. The van der Waals surface area contributed by atoms with Gasteiger partial charge in [0.2, 0.25) is 0 Å². The topological polar surface area (TPSA) is 110 Å². The third-order valence-corrected chi connectivity index (χ3v) is 4.51. The number of nitriles is 1. The molecule has 0 saturated heterocycles. The molecule has 0 fully saturated rings. The molecule has 0 aliphatic carbocycles. The Bertz CT molecular complexity index is 1280. The Morgan fingerprint density at radius 2 is 2.00 bits per heavy atom. The van der Waals surface area contributed by atoms with Crippen LogP contribution in [0.2, 0.25) is 0 Å². The lowest BCUT2D eigenvalue weighted by molar-refractivity contribution is 0.397. The van der Waals surface area contributed by atoms with Crippen molar-refractivity contribution in [3.63, 3.8) is 0 Å². The molecule has 8 nitrogen and oxygen atoms in total. The van der Waals surface area contributed by atoms with Crippen LogP contribution < -0.4 is 5.56 Å². The van der Waals surface area contributed by atoms with E-state index in [0.717, 1.165) is 16.8 Å². The van der Waals surface area contributed by atoms with Crippen molar-refractivity contribution in [2.45, 2.75) is 20.4 Å². The second-order valence-electron chi connectivity index (χ2n) is 6.51. The van der Waals surface area contributed by atoms with Crippen molar-refractivity contribution in [1.29, 1.82) is 5.26 Å². The van der Waals surface area contributed by atoms with E-state index >= 15 is 0 Å². The fourth-order valence-corrected chi connectivity index (χ4v) is 2.91. The zero-order valence-corrected chi connectivity index (χ0v) is 15.8. The van der Waals surface area contributed by atoms with E-state index in [1.807, 2.05) is 25.1 Å². The molecule has 0 bridgehead atoms. The molecule has 0 saturated carbocycles. The first-order chi connectivity index (χ1) is 14.0. The molecule has 0 aliphatic rings. The van der Waals surface area contributed by atoms with Crippen LogP contribution in [-0.4, -0.2) is 24.9 Å². The van der Waals surface area contributed by atoms with Gasteiger partial charge in [-0.05, 0) is 38.1 Å². The smallest absolute Gasteiger partial charge is 0.267 e. The van der Waals surface area contributed by atoms with Gasteiger partial charge >= 0.3 is 0 Å². The summed E-state index contributed by atoms with van der Waals surface area (Å²) in [5.41, 5.74) is 4.17. The van der Waals surface area contributed by atoms with Crippen molar-refractivity contribution >= 4 is 0 Å². The number of aryl methyl sites for hydroxylation is 2. The van der Waals surface area contributed by atoms with E-state index in [-0.39, 0.29) is 17.8 Å². The van der Waals surface area contributed by atoms with Gasteiger partial charge in [0, 0.05) is 34.6 Å². The molecule has 0 aromatic carbocycles. The van der Waals surface area contributed by atoms with Gasteiger partial charge in [-0.15, -0.1) is 0 Å². The van der Waals surface area contributed by atoms with Crippen molar-refractivity contribution in [1.82, 2.24) is 24.9 Å². The molecule has 4 aromatic rings. The van der Waals surface area contributed by atoms with Gasteiger partial charge in [0.25, 0.3) is 5.56 Å².